The van der Waals surface area contributed by atoms with Crippen LogP contribution in [0.1, 0.15) is 24.4 Å². The summed E-state index contributed by atoms with van der Waals surface area (Å²) in [5, 5.41) is 4.79. The Labute approximate surface area is 75.7 Å². The first kappa shape index (κ1) is 8.19. The Morgan fingerprint density at radius 3 is 3.00 bits per heavy atom. The molecule has 0 aromatic carbocycles. The van der Waals surface area contributed by atoms with E-state index in [-0.39, 0.29) is 6.04 Å². The molecule has 0 fully saturated rings. The molecule has 13 heavy (non-hydrogen) atoms. The van der Waals surface area contributed by atoms with Gasteiger partial charge in [-0.25, -0.2) is 0 Å². The van der Waals surface area contributed by atoms with Gasteiger partial charge in [0.05, 0.1) is 16.8 Å². The van der Waals surface area contributed by atoms with Gasteiger partial charge in [-0.15, -0.1) is 0 Å². The van der Waals surface area contributed by atoms with Crippen LogP contribution in [0.3, 0.4) is 0 Å². The summed E-state index contributed by atoms with van der Waals surface area (Å²) in [6.45, 7) is 3.77. The Morgan fingerprint density at radius 1 is 1.54 bits per heavy atom. The van der Waals surface area contributed by atoms with E-state index in [2.05, 4.69) is 10.1 Å². The quantitative estimate of drug-likeness (QED) is 0.717. The van der Waals surface area contributed by atoms with E-state index in [9.17, 15) is 0 Å². The van der Waals surface area contributed by atoms with E-state index in [1.54, 1.807) is 6.20 Å². The molecule has 2 aromatic rings. The van der Waals surface area contributed by atoms with Crippen LogP contribution in [0.2, 0.25) is 0 Å². The van der Waals surface area contributed by atoms with Gasteiger partial charge in [-0.1, -0.05) is 5.16 Å². The number of hydrogen-bond acceptors (Lipinski definition) is 4. The van der Waals surface area contributed by atoms with Crippen molar-refractivity contribution in [1.29, 1.82) is 0 Å². The highest BCUT2D eigenvalue weighted by molar-refractivity contribution is 5.78. The van der Waals surface area contributed by atoms with E-state index in [0.717, 1.165) is 22.4 Å². The highest BCUT2D eigenvalue weighted by atomic mass is 16.5. The molecular formula is C9H11N3O. The van der Waals surface area contributed by atoms with Crippen molar-refractivity contribution in [2.24, 2.45) is 5.73 Å². The van der Waals surface area contributed by atoms with Crippen LogP contribution in [-0.4, -0.2) is 10.1 Å². The molecule has 4 nitrogen and oxygen atoms in total. The number of rotatable bonds is 1. The summed E-state index contributed by atoms with van der Waals surface area (Å²) in [6.07, 6.45) is 1.75. The molecule has 0 aliphatic heterocycles. The van der Waals surface area contributed by atoms with E-state index in [1.165, 1.54) is 0 Å². The molecule has 2 rings (SSSR count). The molecule has 1 atom stereocenters. The van der Waals surface area contributed by atoms with Crippen molar-refractivity contribution < 1.29 is 4.52 Å². The molecule has 0 bridgehead atoms. The molecule has 0 saturated heterocycles. The topological polar surface area (TPSA) is 64.9 Å². The van der Waals surface area contributed by atoms with Crippen molar-refractivity contribution >= 4 is 11.0 Å². The van der Waals surface area contributed by atoms with Crippen LogP contribution in [0.4, 0.5) is 0 Å². The minimum absolute atomic E-state index is 0.0743. The molecule has 0 radical (unpaired) electrons. The van der Waals surface area contributed by atoms with E-state index in [0.29, 0.717) is 0 Å². The second-order valence-corrected chi connectivity index (χ2v) is 3.16. The van der Waals surface area contributed by atoms with Gasteiger partial charge < -0.3 is 10.3 Å². The molecule has 4 heteroatoms. The third-order valence-electron chi connectivity index (χ3n) is 2.02. The maximum Gasteiger partial charge on any atom is 0.170 e. The number of aromatic nitrogens is 2. The molecule has 2 aromatic heterocycles. The fraction of sp³-hybridized carbons (Fsp3) is 0.333. The zero-order valence-corrected chi connectivity index (χ0v) is 7.61. The standard InChI is InChI=1S/C9H11N3O/c1-5(10)8-3-9-7(4-11-8)6(2)12-13-9/h3-5H,10H2,1-2H3/t5-/m1/s1. The molecule has 2 heterocycles. The summed E-state index contributed by atoms with van der Waals surface area (Å²) >= 11 is 0. The normalized spacial score (nSPS) is 13.5. The van der Waals surface area contributed by atoms with Crippen molar-refractivity contribution in [3.63, 3.8) is 0 Å². The van der Waals surface area contributed by atoms with Crippen LogP contribution in [0, 0.1) is 6.92 Å². The predicted octanol–water partition coefficient (Wildman–Crippen LogP) is 1.55. The maximum atomic E-state index is 5.69. The van der Waals surface area contributed by atoms with Gasteiger partial charge in [0.2, 0.25) is 0 Å². The van der Waals surface area contributed by atoms with Gasteiger partial charge in [-0.3, -0.25) is 4.98 Å². The van der Waals surface area contributed by atoms with Gasteiger partial charge in [-0.05, 0) is 13.8 Å². The predicted molar refractivity (Wildman–Crippen MR) is 49.1 cm³/mol. The van der Waals surface area contributed by atoms with Crippen LogP contribution in [0.15, 0.2) is 16.8 Å². The van der Waals surface area contributed by atoms with Crippen molar-refractivity contribution in [3.05, 3.63) is 23.7 Å². The fourth-order valence-electron chi connectivity index (χ4n) is 1.22. The number of nitrogens with two attached hydrogens (primary N) is 1. The summed E-state index contributed by atoms with van der Waals surface area (Å²) < 4.78 is 5.09. The number of aryl methyl sites for hydroxylation is 1. The third kappa shape index (κ3) is 1.29. The molecule has 0 saturated carbocycles. The van der Waals surface area contributed by atoms with Crippen LogP contribution >= 0.6 is 0 Å². The van der Waals surface area contributed by atoms with Crippen molar-refractivity contribution in [2.45, 2.75) is 19.9 Å². The van der Waals surface area contributed by atoms with E-state index in [4.69, 9.17) is 10.3 Å². The summed E-state index contributed by atoms with van der Waals surface area (Å²) in [6, 6.07) is 1.76. The Kier molecular flexibility index (Phi) is 1.77. The smallest absolute Gasteiger partial charge is 0.170 e. The number of hydrogen-bond donors (Lipinski definition) is 1. The molecule has 0 aliphatic carbocycles. The Bertz CT molecular complexity index is 433. The Hall–Kier alpha value is -1.42. The molecule has 68 valence electrons. The number of fused-ring (bicyclic) bond motifs is 1. The first-order valence-corrected chi connectivity index (χ1v) is 4.16. The molecule has 0 spiro atoms. The highest BCUT2D eigenvalue weighted by Gasteiger charge is 2.07. The minimum Gasteiger partial charge on any atom is -0.356 e. The average molecular weight is 177 g/mol. The van der Waals surface area contributed by atoms with Crippen LogP contribution in [0.5, 0.6) is 0 Å². The lowest BCUT2D eigenvalue weighted by Crippen LogP contribution is -2.06. The summed E-state index contributed by atoms with van der Waals surface area (Å²) in [5.74, 6) is 0. The zero-order valence-electron chi connectivity index (χ0n) is 7.61. The van der Waals surface area contributed by atoms with Crippen LogP contribution in [-0.2, 0) is 0 Å². The summed E-state index contributed by atoms with van der Waals surface area (Å²) in [5.41, 5.74) is 8.12. The van der Waals surface area contributed by atoms with Gasteiger partial charge in [0.15, 0.2) is 5.58 Å². The average Bonchev–Trinajstić information content (AvgIpc) is 2.47. The Balaban J connectivity index is 2.63. The molecule has 0 amide bonds. The van der Waals surface area contributed by atoms with Crippen LogP contribution < -0.4 is 5.73 Å². The Morgan fingerprint density at radius 2 is 2.31 bits per heavy atom. The highest BCUT2D eigenvalue weighted by Crippen LogP contribution is 2.19. The van der Waals surface area contributed by atoms with Crippen molar-refractivity contribution in [1.82, 2.24) is 10.1 Å². The van der Waals surface area contributed by atoms with E-state index >= 15 is 0 Å². The third-order valence-corrected chi connectivity index (χ3v) is 2.02. The fourth-order valence-corrected chi connectivity index (χ4v) is 1.22. The summed E-state index contributed by atoms with van der Waals surface area (Å²) in [7, 11) is 0. The first-order valence-electron chi connectivity index (χ1n) is 4.16. The maximum absolute atomic E-state index is 5.69. The van der Waals surface area contributed by atoms with Crippen LogP contribution in [0.25, 0.3) is 11.0 Å². The summed E-state index contributed by atoms with van der Waals surface area (Å²) in [4.78, 5) is 4.21. The first-order chi connectivity index (χ1) is 6.18. The van der Waals surface area contributed by atoms with Crippen molar-refractivity contribution in [3.8, 4) is 0 Å². The van der Waals surface area contributed by atoms with Gasteiger partial charge >= 0.3 is 0 Å². The van der Waals surface area contributed by atoms with Gasteiger partial charge in [0, 0.05) is 18.3 Å². The zero-order chi connectivity index (χ0) is 9.42. The van der Waals surface area contributed by atoms with Crippen molar-refractivity contribution in [2.75, 3.05) is 0 Å². The monoisotopic (exact) mass is 177 g/mol. The lowest BCUT2D eigenvalue weighted by molar-refractivity contribution is 0.450. The number of nitrogens with zero attached hydrogens (tertiary/aromatic N) is 2. The molecule has 0 unspecified atom stereocenters. The van der Waals surface area contributed by atoms with Gasteiger partial charge in [0.25, 0.3) is 0 Å². The lowest BCUT2D eigenvalue weighted by atomic mass is 10.2. The molecule has 2 N–H and O–H groups in total. The lowest BCUT2D eigenvalue weighted by Gasteiger charge is -2.01. The molecular weight excluding hydrogens is 166 g/mol. The van der Waals surface area contributed by atoms with E-state index in [1.807, 2.05) is 19.9 Å². The SMILES string of the molecule is Cc1noc2cc([C@@H](C)N)ncc12. The molecule has 0 aliphatic rings. The van der Waals surface area contributed by atoms with E-state index < -0.39 is 0 Å². The van der Waals surface area contributed by atoms with Gasteiger partial charge in [-0.2, -0.15) is 0 Å². The van der Waals surface area contributed by atoms with Gasteiger partial charge in [0.1, 0.15) is 0 Å². The second-order valence-electron chi connectivity index (χ2n) is 3.16. The second kappa shape index (κ2) is 2.81. The minimum atomic E-state index is -0.0743. The number of pyridine rings is 1. The largest absolute Gasteiger partial charge is 0.356 e.